The molecule has 18 heavy (non-hydrogen) atoms. The Morgan fingerprint density at radius 1 is 1.39 bits per heavy atom. The Hall–Kier alpha value is -1.11. The molecule has 1 aromatic carbocycles. The number of rotatable bonds is 5. The zero-order valence-electron chi connectivity index (χ0n) is 9.82. The van der Waals surface area contributed by atoms with Crippen LogP contribution in [0.15, 0.2) is 29.2 Å². The first-order valence-corrected chi connectivity index (χ1v) is 6.79. The van der Waals surface area contributed by atoms with Crippen molar-refractivity contribution in [3.05, 3.63) is 35.1 Å². The van der Waals surface area contributed by atoms with Crippen LogP contribution in [0.2, 0.25) is 5.02 Å². The van der Waals surface area contributed by atoms with Gasteiger partial charge < -0.3 is 5.11 Å². The van der Waals surface area contributed by atoms with Crippen molar-refractivity contribution in [3.8, 4) is 0 Å². The van der Waals surface area contributed by atoms with Gasteiger partial charge in [-0.3, -0.25) is 0 Å². The van der Waals surface area contributed by atoms with Gasteiger partial charge in [-0.2, -0.15) is 4.80 Å². The van der Waals surface area contributed by atoms with Crippen molar-refractivity contribution in [3.63, 3.8) is 0 Å². The van der Waals surface area contributed by atoms with E-state index in [4.69, 9.17) is 11.6 Å². The highest BCUT2D eigenvalue weighted by Crippen LogP contribution is 2.21. The highest BCUT2D eigenvalue weighted by Gasteiger charge is 2.10. The Morgan fingerprint density at radius 2 is 2.11 bits per heavy atom. The third kappa shape index (κ3) is 3.97. The molecule has 0 fully saturated rings. The van der Waals surface area contributed by atoms with E-state index in [0.717, 1.165) is 4.90 Å². The lowest BCUT2D eigenvalue weighted by Gasteiger charge is -2.07. The monoisotopic (exact) mass is 284 g/mol. The molecular weight excluding hydrogens is 272 g/mol. The topological polar surface area (TPSA) is 63.8 Å². The molecule has 5 nitrogen and oxygen atoms in total. The van der Waals surface area contributed by atoms with Crippen LogP contribution in [0.5, 0.6) is 0 Å². The molecule has 0 bridgehead atoms. The lowest BCUT2D eigenvalue weighted by atomic mass is 10.3. The average Bonchev–Trinajstić information content (AvgIpc) is 2.74. The van der Waals surface area contributed by atoms with Crippen molar-refractivity contribution in [2.45, 2.75) is 17.4 Å². The summed E-state index contributed by atoms with van der Waals surface area (Å²) in [7, 11) is 1.70. The van der Waals surface area contributed by atoms with E-state index in [1.54, 1.807) is 18.8 Å². The Bertz CT molecular complexity index is 502. The average molecular weight is 285 g/mol. The van der Waals surface area contributed by atoms with Crippen LogP contribution in [0.1, 0.15) is 5.82 Å². The third-order valence-corrected chi connectivity index (χ3v) is 3.63. The fourth-order valence-electron chi connectivity index (χ4n) is 1.40. The lowest BCUT2D eigenvalue weighted by Crippen LogP contribution is -2.14. The minimum absolute atomic E-state index is 0.411. The van der Waals surface area contributed by atoms with E-state index >= 15 is 0 Å². The summed E-state index contributed by atoms with van der Waals surface area (Å²) in [6.45, 7) is 0. The summed E-state index contributed by atoms with van der Waals surface area (Å²) in [4.78, 5) is 2.46. The van der Waals surface area contributed by atoms with Crippen molar-refractivity contribution >= 4 is 23.4 Å². The standard InChI is InChI=1S/C11H13ClN4OS/c1-16-14-11(13-15-16)6-9(17)7-18-10-4-2-8(12)3-5-10/h2-5,9,17H,6-7H2,1H3. The second kappa shape index (κ2) is 6.17. The van der Waals surface area contributed by atoms with Gasteiger partial charge in [0.1, 0.15) is 0 Å². The van der Waals surface area contributed by atoms with Gasteiger partial charge in [-0.15, -0.1) is 22.0 Å². The number of halogens is 1. The number of aliphatic hydroxyl groups is 1. The Kier molecular flexibility index (Phi) is 4.57. The van der Waals surface area contributed by atoms with E-state index in [9.17, 15) is 5.11 Å². The van der Waals surface area contributed by atoms with Crippen LogP contribution in [0.4, 0.5) is 0 Å². The first-order chi connectivity index (χ1) is 8.63. The quantitative estimate of drug-likeness (QED) is 0.844. The molecule has 1 atom stereocenters. The number of aliphatic hydroxyl groups excluding tert-OH is 1. The summed E-state index contributed by atoms with van der Waals surface area (Å²) in [6.07, 6.45) is -0.0797. The van der Waals surface area contributed by atoms with Gasteiger partial charge in [0.05, 0.1) is 13.2 Å². The first-order valence-electron chi connectivity index (χ1n) is 5.43. The van der Waals surface area contributed by atoms with E-state index in [2.05, 4.69) is 15.4 Å². The highest BCUT2D eigenvalue weighted by molar-refractivity contribution is 7.99. The summed E-state index contributed by atoms with van der Waals surface area (Å²) in [6, 6.07) is 7.53. The van der Waals surface area contributed by atoms with Gasteiger partial charge >= 0.3 is 0 Å². The molecular formula is C11H13ClN4OS. The van der Waals surface area contributed by atoms with E-state index in [-0.39, 0.29) is 0 Å². The molecule has 0 saturated carbocycles. The zero-order valence-corrected chi connectivity index (χ0v) is 11.4. The number of tetrazole rings is 1. The van der Waals surface area contributed by atoms with Crippen molar-refractivity contribution in [2.24, 2.45) is 7.05 Å². The number of benzene rings is 1. The highest BCUT2D eigenvalue weighted by atomic mass is 35.5. The Balaban J connectivity index is 1.81. The van der Waals surface area contributed by atoms with Crippen molar-refractivity contribution in [2.75, 3.05) is 5.75 Å². The molecule has 0 amide bonds. The molecule has 0 spiro atoms. The molecule has 0 radical (unpaired) electrons. The summed E-state index contributed by atoms with van der Waals surface area (Å²) in [5, 5.41) is 22.2. The van der Waals surface area contributed by atoms with Crippen LogP contribution in [-0.4, -0.2) is 37.2 Å². The molecule has 0 saturated heterocycles. The molecule has 1 heterocycles. The van der Waals surface area contributed by atoms with Gasteiger partial charge in [0.15, 0.2) is 5.82 Å². The van der Waals surface area contributed by atoms with Crippen molar-refractivity contribution in [1.29, 1.82) is 0 Å². The van der Waals surface area contributed by atoms with Gasteiger partial charge in [-0.25, -0.2) is 0 Å². The minimum Gasteiger partial charge on any atom is -0.392 e. The largest absolute Gasteiger partial charge is 0.392 e. The smallest absolute Gasteiger partial charge is 0.177 e. The summed E-state index contributed by atoms with van der Waals surface area (Å²) in [5.41, 5.74) is 0. The fourth-order valence-corrected chi connectivity index (χ4v) is 2.36. The van der Waals surface area contributed by atoms with E-state index < -0.39 is 6.10 Å². The molecule has 7 heteroatoms. The predicted molar refractivity (Wildman–Crippen MR) is 70.7 cm³/mol. The third-order valence-electron chi connectivity index (χ3n) is 2.22. The van der Waals surface area contributed by atoms with Gasteiger partial charge in [0.2, 0.25) is 0 Å². The van der Waals surface area contributed by atoms with E-state index in [1.165, 1.54) is 4.80 Å². The SMILES string of the molecule is Cn1nnc(CC(O)CSc2ccc(Cl)cc2)n1. The molecule has 1 unspecified atom stereocenters. The van der Waals surface area contributed by atoms with Crippen LogP contribution in [-0.2, 0) is 13.5 Å². The number of hydrogen-bond donors (Lipinski definition) is 1. The maximum atomic E-state index is 9.86. The number of aromatic nitrogens is 4. The second-order valence-corrected chi connectivity index (χ2v) is 5.35. The van der Waals surface area contributed by atoms with E-state index in [1.807, 2.05) is 24.3 Å². The van der Waals surface area contributed by atoms with Crippen LogP contribution >= 0.6 is 23.4 Å². The number of aryl methyl sites for hydroxylation is 1. The maximum Gasteiger partial charge on any atom is 0.177 e. The molecule has 2 aromatic rings. The predicted octanol–water partition coefficient (Wildman–Crippen LogP) is 1.56. The van der Waals surface area contributed by atoms with Crippen LogP contribution < -0.4 is 0 Å². The van der Waals surface area contributed by atoms with Gasteiger partial charge in [-0.05, 0) is 29.5 Å². The lowest BCUT2D eigenvalue weighted by molar-refractivity contribution is 0.197. The van der Waals surface area contributed by atoms with Crippen LogP contribution in [0, 0.1) is 0 Å². The van der Waals surface area contributed by atoms with Crippen LogP contribution in [0.3, 0.4) is 0 Å². The summed E-state index contributed by atoms with van der Waals surface area (Å²) in [5.74, 6) is 1.14. The van der Waals surface area contributed by atoms with Gasteiger partial charge in [0.25, 0.3) is 0 Å². The molecule has 0 aliphatic rings. The van der Waals surface area contributed by atoms with Gasteiger partial charge in [-0.1, -0.05) is 11.6 Å². The normalized spacial score (nSPS) is 12.6. The zero-order chi connectivity index (χ0) is 13.0. The summed E-state index contributed by atoms with van der Waals surface area (Å²) >= 11 is 7.37. The second-order valence-electron chi connectivity index (χ2n) is 3.82. The maximum absolute atomic E-state index is 9.86. The first kappa shape index (κ1) is 13.3. The van der Waals surface area contributed by atoms with Crippen molar-refractivity contribution in [1.82, 2.24) is 20.2 Å². The number of hydrogen-bond acceptors (Lipinski definition) is 5. The molecule has 0 aliphatic heterocycles. The summed E-state index contributed by atoms with van der Waals surface area (Å²) < 4.78 is 0. The van der Waals surface area contributed by atoms with Crippen LogP contribution in [0.25, 0.3) is 0 Å². The Labute approximate surface area is 114 Å². The van der Waals surface area contributed by atoms with Gasteiger partial charge in [0, 0.05) is 22.1 Å². The van der Waals surface area contributed by atoms with E-state index in [0.29, 0.717) is 23.0 Å². The number of thioether (sulfide) groups is 1. The molecule has 1 N–H and O–H groups in total. The molecule has 96 valence electrons. The molecule has 2 rings (SSSR count). The fraction of sp³-hybridized carbons (Fsp3) is 0.364. The van der Waals surface area contributed by atoms with Crippen molar-refractivity contribution < 1.29 is 5.11 Å². The Morgan fingerprint density at radius 3 is 2.72 bits per heavy atom. The minimum atomic E-state index is -0.491. The molecule has 0 aliphatic carbocycles. The molecule has 1 aromatic heterocycles. The number of nitrogens with zero attached hydrogens (tertiary/aromatic N) is 4.